The fourth-order valence-corrected chi connectivity index (χ4v) is 1.75. The molecule has 0 saturated carbocycles. The molecular formula is C12H21N5O. The molecule has 1 aromatic heterocycles. The second kappa shape index (κ2) is 6.18. The Morgan fingerprint density at radius 2 is 2.17 bits per heavy atom. The number of anilines is 2. The molecule has 0 radical (unpaired) electrons. The SMILES string of the molecule is CCNc1ncnc(N(CC(N)=O)C(C)C)c1C. The minimum atomic E-state index is -0.369. The highest BCUT2D eigenvalue weighted by Crippen LogP contribution is 2.23. The first-order chi connectivity index (χ1) is 8.47. The number of carbonyl (C=O) groups is 1. The number of carbonyl (C=O) groups excluding carboxylic acids is 1. The van der Waals surface area contributed by atoms with Gasteiger partial charge in [0, 0.05) is 18.2 Å². The summed E-state index contributed by atoms with van der Waals surface area (Å²) in [6.07, 6.45) is 1.50. The van der Waals surface area contributed by atoms with Crippen LogP contribution in [0.5, 0.6) is 0 Å². The molecule has 1 aromatic rings. The summed E-state index contributed by atoms with van der Waals surface area (Å²) >= 11 is 0. The molecule has 0 fully saturated rings. The number of rotatable bonds is 6. The van der Waals surface area contributed by atoms with Gasteiger partial charge in [-0.25, -0.2) is 9.97 Å². The third kappa shape index (κ3) is 3.32. The van der Waals surface area contributed by atoms with Gasteiger partial charge in [0.25, 0.3) is 0 Å². The third-order valence-electron chi connectivity index (χ3n) is 2.62. The molecule has 1 amide bonds. The fraction of sp³-hybridized carbons (Fsp3) is 0.583. The Hall–Kier alpha value is -1.85. The Morgan fingerprint density at radius 3 is 2.67 bits per heavy atom. The highest BCUT2D eigenvalue weighted by atomic mass is 16.1. The Kier molecular flexibility index (Phi) is 4.88. The van der Waals surface area contributed by atoms with E-state index in [1.807, 2.05) is 32.6 Å². The second-order valence-electron chi connectivity index (χ2n) is 4.39. The van der Waals surface area contributed by atoms with Crippen LogP contribution in [0.25, 0.3) is 0 Å². The van der Waals surface area contributed by atoms with Gasteiger partial charge in [0.15, 0.2) is 0 Å². The van der Waals surface area contributed by atoms with Crippen molar-refractivity contribution < 1.29 is 4.79 Å². The van der Waals surface area contributed by atoms with Crippen LogP contribution in [0.4, 0.5) is 11.6 Å². The van der Waals surface area contributed by atoms with Gasteiger partial charge in [-0.1, -0.05) is 0 Å². The maximum Gasteiger partial charge on any atom is 0.237 e. The molecule has 0 unspecified atom stereocenters. The van der Waals surface area contributed by atoms with Crippen molar-refractivity contribution in [1.82, 2.24) is 9.97 Å². The smallest absolute Gasteiger partial charge is 0.237 e. The van der Waals surface area contributed by atoms with E-state index in [0.717, 1.165) is 23.7 Å². The standard InChI is InChI=1S/C12H21N5O/c1-5-14-11-9(4)12(16-7-15-11)17(8(2)3)6-10(13)18/h7-8H,5-6H2,1-4H3,(H2,13,18)(H,14,15,16). The van der Waals surface area contributed by atoms with Gasteiger partial charge in [0.05, 0.1) is 6.54 Å². The summed E-state index contributed by atoms with van der Waals surface area (Å²) in [7, 11) is 0. The number of amides is 1. The molecule has 1 rings (SSSR count). The van der Waals surface area contributed by atoms with Crippen molar-refractivity contribution in [1.29, 1.82) is 0 Å². The number of primary amides is 1. The van der Waals surface area contributed by atoms with Crippen molar-refractivity contribution in [3.05, 3.63) is 11.9 Å². The molecular weight excluding hydrogens is 230 g/mol. The zero-order chi connectivity index (χ0) is 13.7. The minimum Gasteiger partial charge on any atom is -0.370 e. The predicted octanol–water partition coefficient (Wildman–Crippen LogP) is 0.917. The molecule has 0 spiro atoms. The van der Waals surface area contributed by atoms with Gasteiger partial charge in [-0.05, 0) is 27.7 Å². The van der Waals surface area contributed by atoms with E-state index in [4.69, 9.17) is 5.73 Å². The fourth-order valence-electron chi connectivity index (χ4n) is 1.75. The number of aromatic nitrogens is 2. The highest BCUT2D eigenvalue weighted by molar-refractivity contribution is 5.80. The molecule has 6 heteroatoms. The lowest BCUT2D eigenvalue weighted by atomic mass is 10.2. The Balaban J connectivity index is 3.11. The van der Waals surface area contributed by atoms with Crippen LogP contribution >= 0.6 is 0 Å². The van der Waals surface area contributed by atoms with Gasteiger partial charge in [-0.2, -0.15) is 0 Å². The molecule has 0 aliphatic heterocycles. The molecule has 1 heterocycles. The van der Waals surface area contributed by atoms with E-state index >= 15 is 0 Å². The summed E-state index contributed by atoms with van der Waals surface area (Å²) in [4.78, 5) is 21.5. The van der Waals surface area contributed by atoms with E-state index in [9.17, 15) is 4.79 Å². The lowest BCUT2D eigenvalue weighted by Gasteiger charge is -2.28. The first kappa shape index (κ1) is 14.2. The number of hydrogen-bond donors (Lipinski definition) is 2. The maximum absolute atomic E-state index is 11.1. The van der Waals surface area contributed by atoms with E-state index in [0.29, 0.717) is 0 Å². The third-order valence-corrected chi connectivity index (χ3v) is 2.62. The molecule has 0 aliphatic carbocycles. The largest absolute Gasteiger partial charge is 0.370 e. The molecule has 0 bridgehead atoms. The van der Waals surface area contributed by atoms with E-state index in [1.54, 1.807) is 0 Å². The van der Waals surface area contributed by atoms with E-state index in [2.05, 4.69) is 15.3 Å². The van der Waals surface area contributed by atoms with Gasteiger partial charge in [0.1, 0.15) is 18.0 Å². The second-order valence-corrected chi connectivity index (χ2v) is 4.39. The van der Waals surface area contributed by atoms with E-state index < -0.39 is 0 Å². The monoisotopic (exact) mass is 251 g/mol. The molecule has 0 aliphatic rings. The molecule has 0 aromatic carbocycles. The minimum absolute atomic E-state index is 0.139. The number of hydrogen-bond acceptors (Lipinski definition) is 5. The molecule has 3 N–H and O–H groups in total. The van der Waals surface area contributed by atoms with Crippen molar-refractivity contribution in [2.45, 2.75) is 33.7 Å². The van der Waals surface area contributed by atoms with Crippen LogP contribution in [0.2, 0.25) is 0 Å². The Morgan fingerprint density at radius 1 is 1.50 bits per heavy atom. The summed E-state index contributed by atoms with van der Waals surface area (Å²) in [5.74, 6) is 1.17. The number of nitrogens with two attached hydrogens (primary N) is 1. The van der Waals surface area contributed by atoms with Crippen molar-refractivity contribution in [2.24, 2.45) is 5.73 Å². The van der Waals surface area contributed by atoms with Crippen molar-refractivity contribution in [2.75, 3.05) is 23.3 Å². The van der Waals surface area contributed by atoms with Crippen LogP contribution in [0.3, 0.4) is 0 Å². The van der Waals surface area contributed by atoms with Crippen LogP contribution in [0.15, 0.2) is 6.33 Å². The van der Waals surface area contributed by atoms with Crippen LogP contribution < -0.4 is 16.0 Å². The molecule has 0 saturated heterocycles. The molecule has 100 valence electrons. The lowest BCUT2D eigenvalue weighted by molar-refractivity contribution is -0.116. The van der Waals surface area contributed by atoms with Gasteiger partial charge in [-0.15, -0.1) is 0 Å². The molecule has 18 heavy (non-hydrogen) atoms. The summed E-state index contributed by atoms with van der Waals surface area (Å²) in [6, 6.07) is 0.139. The van der Waals surface area contributed by atoms with Gasteiger partial charge in [0.2, 0.25) is 5.91 Å². The summed E-state index contributed by atoms with van der Waals surface area (Å²) < 4.78 is 0. The predicted molar refractivity (Wildman–Crippen MR) is 72.6 cm³/mol. The van der Waals surface area contributed by atoms with Crippen molar-refractivity contribution >= 4 is 17.5 Å². The topological polar surface area (TPSA) is 84.1 Å². The average molecular weight is 251 g/mol. The quantitative estimate of drug-likeness (QED) is 0.785. The molecule has 0 atom stereocenters. The average Bonchev–Trinajstić information content (AvgIpc) is 2.29. The zero-order valence-corrected chi connectivity index (χ0v) is 11.4. The number of nitrogens with one attached hydrogen (secondary N) is 1. The Bertz CT molecular complexity index is 419. The van der Waals surface area contributed by atoms with Crippen LogP contribution in [0, 0.1) is 6.92 Å². The normalized spacial score (nSPS) is 10.5. The molecule has 6 nitrogen and oxygen atoms in total. The summed E-state index contributed by atoms with van der Waals surface area (Å²) in [5.41, 5.74) is 6.20. The summed E-state index contributed by atoms with van der Waals surface area (Å²) in [5, 5.41) is 3.17. The first-order valence-corrected chi connectivity index (χ1v) is 6.07. The van der Waals surface area contributed by atoms with Crippen LogP contribution in [-0.4, -0.2) is 35.0 Å². The van der Waals surface area contributed by atoms with Gasteiger partial charge >= 0.3 is 0 Å². The van der Waals surface area contributed by atoms with E-state index in [1.165, 1.54) is 6.33 Å². The Labute approximate surface area is 108 Å². The van der Waals surface area contributed by atoms with Crippen molar-refractivity contribution in [3.8, 4) is 0 Å². The van der Waals surface area contributed by atoms with Gasteiger partial charge < -0.3 is 16.0 Å². The van der Waals surface area contributed by atoms with E-state index in [-0.39, 0.29) is 18.5 Å². The van der Waals surface area contributed by atoms with Gasteiger partial charge in [-0.3, -0.25) is 4.79 Å². The van der Waals surface area contributed by atoms with Crippen LogP contribution in [0.1, 0.15) is 26.3 Å². The zero-order valence-electron chi connectivity index (χ0n) is 11.4. The first-order valence-electron chi connectivity index (χ1n) is 6.07. The van der Waals surface area contributed by atoms with Crippen LogP contribution in [-0.2, 0) is 4.79 Å². The summed E-state index contributed by atoms with van der Waals surface area (Å²) in [6.45, 7) is 8.87. The highest BCUT2D eigenvalue weighted by Gasteiger charge is 2.18. The van der Waals surface area contributed by atoms with Crippen molar-refractivity contribution in [3.63, 3.8) is 0 Å². The maximum atomic E-state index is 11.1. The lowest BCUT2D eigenvalue weighted by Crippen LogP contribution is -2.39. The number of nitrogens with zero attached hydrogens (tertiary/aromatic N) is 3.